The molecular formula is C16H28N4. The molecule has 2 rings (SSSR count). The number of aryl methyl sites for hydroxylation is 1. The smallest absolute Gasteiger partial charge is 0.221 e. The Bertz CT molecular complexity index is 525. The first kappa shape index (κ1) is 16.5. The standard InChI is InChI=1S/C14H22N4.C2H6/c1-4-6-11(7-5-2)18-9-10(3)12-8-16-14(15)17-13(12)18;1-2/h8-9,11H,4-7H2,1-3H3,(H2,15,16,17);1-2H3. The molecule has 112 valence electrons. The second kappa shape index (κ2) is 7.88. The molecule has 2 aromatic heterocycles. The number of hydrogen-bond acceptors (Lipinski definition) is 3. The van der Waals surface area contributed by atoms with E-state index in [1.165, 1.54) is 31.2 Å². The normalized spacial score (nSPS) is 10.7. The minimum absolute atomic E-state index is 0.355. The van der Waals surface area contributed by atoms with Crippen molar-refractivity contribution in [2.75, 3.05) is 5.73 Å². The third kappa shape index (κ3) is 3.50. The van der Waals surface area contributed by atoms with Gasteiger partial charge in [0.25, 0.3) is 0 Å². The highest BCUT2D eigenvalue weighted by atomic mass is 15.1. The monoisotopic (exact) mass is 276 g/mol. The molecule has 0 spiro atoms. The Morgan fingerprint density at radius 3 is 2.35 bits per heavy atom. The molecule has 0 aliphatic carbocycles. The largest absolute Gasteiger partial charge is 0.368 e. The fourth-order valence-electron chi connectivity index (χ4n) is 2.57. The molecule has 0 radical (unpaired) electrons. The van der Waals surface area contributed by atoms with Gasteiger partial charge in [-0.2, -0.15) is 4.98 Å². The van der Waals surface area contributed by atoms with Crippen LogP contribution in [0.5, 0.6) is 0 Å². The predicted octanol–water partition coefficient (Wildman–Crippen LogP) is 4.49. The maximum Gasteiger partial charge on any atom is 0.221 e. The van der Waals surface area contributed by atoms with Gasteiger partial charge >= 0.3 is 0 Å². The fraction of sp³-hybridized carbons (Fsp3) is 0.625. The van der Waals surface area contributed by atoms with Crippen LogP contribution < -0.4 is 5.73 Å². The molecule has 2 N–H and O–H groups in total. The summed E-state index contributed by atoms with van der Waals surface area (Å²) in [6, 6.07) is 0.519. The second-order valence-electron chi connectivity index (χ2n) is 4.92. The van der Waals surface area contributed by atoms with Crippen molar-refractivity contribution < 1.29 is 0 Å². The summed E-state index contributed by atoms with van der Waals surface area (Å²) in [6.45, 7) is 10.6. The summed E-state index contributed by atoms with van der Waals surface area (Å²) in [7, 11) is 0. The van der Waals surface area contributed by atoms with Crippen molar-refractivity contribution in [3.05, 3.63) is 18.0 Å². The van der Waals surface area contributed by atoms with E-state index in [-0.39, 0.29) is 0 Å². The lowest BCUT2D eigenvalue weighted by atomic mass is 10.1. The lowest BCUT2D eigenvalue weighted by Gasteiger charge is -2.18. The van der Waals surface area contributed by atoms with Crippen LogP contribution in [0.3, 0.4) is 0 Å². The SMILES string of the molecule is CC.CCCC(CCC)n1cc(C)c2cnc(N)nc21. The summed E-state index contributed by atoms with van der Waals surface area (Å²) < 4.78 is 2.29. The first-order valence-electron chi connectivity index (χ1n) is 7.77. The Morgan fingerprint density at radius 2 is 1.80 bits per heavy atom. The Kier molecular flexibility index (Phi) is 6.49. The molecule has 0 aliphatic heterocycles. The van der Waals surface area contributed by atoms with Crippen molar-refractivity contribution in [1.82, 2.24) is 14.5 Å². The number of nitrogen functional groups attached to an aromatic ring is 1. The number of rotatable bonds is 5. The van der Waals surface area contributed by atoms with Crippen LogP contribution in [0.4, 0.5) is 5.95 Å². The highest BCUT2D eigenvalue weighted by Gasteiger charge is 2.15. The van der Waals surface area contributed by atoms with E-state index in [0.717, 1.165) is 11.0 Å². The first-order chi connectivity index (χ1) is 9.67. The van der Waals surface area contributed by atoms with E-state index in [1.807, 2.05) is 20.0 Å². The number of anilines is 1. The molecule has 4 heteroatoms. The number of nitrogens with two attached hydrogens (primary N) is 1. The maximum atomic E-state index is 5.71. The topological polar surface area (TPSA) is 56.7 Å². The van der Waals surface area contributed by atoms with E-state index in [0.29, 0.717) is 12.0 Å². The van der Waals surface area contributed by atoms with E-state index < -0.39 is 0 Å². The van der Waals surface area contributed by atoms with Gasteiger partial charge in [-0.3, -0.25) is 0 Å². The average molecular weight is 276 g/mol. The second-order valence-corrected chi connectivity index (χ2v) is 4.92. The van der Waals surface area contributed by atoms with Crippen LogP contribution in [0, 0.1) is 6.92 Å². The molecule has 0 aliphatic rings. The summed E-state index contributed by atoms with van der Waals surface area (Å²) in [4.78, 5) is 8.50. The van der Waals surface area contributed by atoms with Crippen LogP contribution in [0.2, 0.25) is 0 Å². The van der Waals surface area contributed by atoms with Crippen molar-refractivity contribution in [2.45, 2.75) is 66.3 Å². The van der Waals surface area contributed by atoms with E-state index in [4.69, 9.17) is 5.73 Å². The van der Waals surface area contributed by atoms with Gasteiger partial charge in [-0.15, -0.1) is 0 Å². The molecule has 0 atom stereocenters. The van der Waals surface area contributed by atoms with E-state index in [2.05, 4.69) is 41.5 Å². The molecule has 20 heavy (non-hydrogen) atoms. The Morgan fingerprint density at radius 1 is 1.20 bits per heavy atom. The predicted molar refractivity (Wildman–Crippen MR) is 86.9 cm³/mol. The van der Waals surface area contributed by atoms with Crippen LogP contribution in [0.1, 0.15) is 65.0 Å². The summed E-state index contributed by atoms with van der Waals surface area (Å²) in [5.74, 6) is 0.355. The maximum absolute atomic E-state index is 5.71. The zero-order valence-electron chi connectivity index (χ0n) is 13.5. The molecule has 0 unspecified atom stereocenters. The molecule has 2 heterocycles. The van der Waals surface area contributed by atoms with Gasteiger partial charge in [-0.05, 0) is 25.3 Å². The lowest BCUT2D eigenvalue weighted by molar-refractivity contribution is 0.435. The van der Waals surface area contributed by atoms with Crippen LogP contribution in [0.15, 0.2) is 12.4 Å². The zero-order chi connectivity index (χ0) is 15.1. The highest BCUT2D eigenvalue weighted by molar-refractivity contribution is 5.80. The van der Waals surface area contributed by atoms with Crippen LogP contribution in [-0.2, 0) is 0 Å². The molecule has 2 aromatic rings. The first-order valence-corrected chi connectivity index (χ1v) is 7.77. The third-order valence-corrected chi connectivity index (χ3v) is 3.43. The number of nitrogens with zero attached hydrogens (tertiary/aromatic N) is 3. The minimum atomic E-state index is 0.355. The summed E-state index contributed by atoms with van der Waals surface area (Å²) in [5, 5.41) is 1.11. The molecule has 0 fully saturated rings. The molecule has 0 saturated heterocycles. The van der Waals surface area contributed by atoms with Crippen LogP contribution >= 0.6 is 0 Å². The fourth-order valence-corrected chi connectivity index (χ4v) is 2.57. The lowest BCUT2D eigenvalue weighted by Crippen LogP contribution is -2.09. The van der Waals surface area contributed by atoms with Crippen molar-refractivity contribution in [3.63, 3.8) is 0 Å². The number of aromatic nitrogens is 3. The van der Waals surface area contributed by atoms with Gasteiger partial charge in [-0.25, -0.2) is 4.98 Å². The number of hydrogen-bond donors (Lipinski definition) is 1. The molecule has 4 nitrogen and oxygen atoms in total. The minimum Gasteiger partial charge on any atom is -0.368 e. The van der Waals surface area contributed by atoms with Crippen molar-refractivity contribution in [3.8, 4) is 0 Å². The molecule has 0 aromatic carbocycles. The van der Waals surface area contributed by atoms with E-state index >= 15 is 0 Å². The molecular weight excluding hydrogens is 248 g/mol. The van der Waals surface area contributed by atoms with Gasteiger partial charge < -0.3 is 10.3 Å². The Labute approximate surface area is 122 Å². The van der Waals surface area contributed by atoms with Crippen molar-refractivity contribution in [2.24, 2.45) is 0 Å². The van der Waals surface area contributed by atoms with Gasteiger partial charge in [0.05, 0.1) is 0 Å². The summed E-state index contributed by atoms with van der Waals surface area (Å²) >= 11 is 0. The van der Waals surface area contributed by atoms with Crippen molar-refractivity contribution >= 4 is 17.0 Å². The highest BCUT2D eigenvalue weighted by Crippen LogP contribution is 2.27. The summed E-state index contributed by atoms with van der Waals surface area (Å²) in [6.07, 6.45) is 8.75. The van der Waals surface area contributed by atoms with Gasteiger partial charge in [0.1, 0.15) is 5.65 Å². The van der Waals surface area contributed by atoms with Crippen LogP contribution in [-0.4, -0.2) is 14.5 Å². The van der Waals surface area contributed by atoms with Gasteiger partial charge in [0.15, 0.2) is 0 Å². The van der Waals surface area contributed by atoms with E-state index in [9.17, 15) is 0 Å². The van der Waals surface area contributed by atoms with Gasteiger partial charge in [-0.1, -0.05) is 40.5 Å². The zero-order valence-corrected chi connectivity index (χ0v) is 13.5. The van der Waals surface area contributed by atoms with E-state index in [1.54, 1.807) is 0 Å². The molecule has 0 amide bonds. The number of fused-ring (bicyclic) bond motifs is 1. The van der Waals surface area contributed by atoms with Crippen LogP contribution in [0.25, 0.3) is 11.0 Å². The van der Waals surface area contributed by atoms with Gasteiger partial charge in [0, 0.05) is 23.8 Å². The molecule has 0 saturated carbocycles. The average Bonchev–Trinajstić information content (AvgIpc) is 2.77. The van der Waals surface area contributed by atoms with Gasteiger partial charge in [0.2, 0.25) is 5.95 Å². The third-order valence-electron chi connectivity index (χ3n) is 3.43. The van der Waals surface area contributed by atoms with Crippen molar-refractivity contribution in [1.29, 1.82) is 0 Å². The Balaban J connectivity index is 0.000000956. The molecule has 0 bridgehead atoms. The Hall–Kier alpha value is -1.58. The quantitative estimate of drug-likeness (QED) is 0.875. The summed E-state index contributed by atoms with van der Waals surface area (Å²) in [5.41, 5.74) is 7.92.